The van der Waals surface area contributed by atoms with Gasteiger partial charge in [0.2, 0.25) is 0 Å². The number of ether oxygens (including phenoxy) is 2. The predicted octanol–water partition coefficient (Wildman–Crippen LogP) is 5.85. The number of H-pyrrole nitrogens is 1. The second-order valence-electron chi connectivity index (χ2n) is 8.29. The molecular formula is C19H25Cl2N3O4. The molecule has 1 aromatic carbocycles. The average Bonchev–Trinajstić information content (AvgIpc) is 2.91. The van der Waals surface area contributed by atoms with E-state index < -0.39 is 23.4 Å². The van der Waals surface area contributed by atoms with Crippen molar-refractivity contribution in [3.05, 3.63) is 27.9 Å². The number of fused-ring (bicyclic) bond motifs is 1. The summed E-state index contributed by atoms with van der Waals surface area (Å²) in [4.78, 5) is 27.1. The Hall–Kier alpha value is -2.12. The minimum Gasteiger partial charge on any atom is -0.444 e. The number of nitrogens with one attached hydrogen (secondary N) is 3. The Labute approximate surface area is 174 Å². The third-order valence-corrected chi connectivity index (χ3v) is 4.11. The quantitative estimate of drug-likeness (QED) is 0.570. The highest BCUT2D eigenvalue weighted by atomic mass is 35.5. The van der Waals surface area contributed by atoms with Crippen LogP contribution in [-0.4, -0.2) is 28.4 Å². The Kier molecular flexibility index (Phi) is 6.41. The van der Waals surface area contributed by atoms with Crippen molar-refractivity contribution in [3.8, 4) is 0 Å². The number of benzene rings is 1. The third-order valence-electron chi connectivity index (χ3n) is 3.32. The molecule has 0 aliphatic rings. The zero-order chi connectivity index (χ0) is 21.3. The van der Waals surface area contributed by atoms with Crippen molar-refractivity contribution in [2.24, 2.45) is 0 Å². The van der Waals surface area contributed by atoms with E-state index in [2.05, 4.69) is 15.6 Å². The standard InChI is InChI=1S/C19H25Cl2N3O4/c1-18(2,3)27-16(25)22-9-10-7-11-13(24-17(26)28-19(4,5)6)8-12(20)14(21)15(11)23-10/h7-8,23H,9H2,1-6H3,(H,22,25)(H,24,26). The van der Waals surface area contributed by atoms with Crippen molar-refractivity contribution in [3.63, 3.8) is 0 Å². The SMILES string of the molecule is CC(C)(C)OC(=O)NCc1cc2c(NC(=O)OC(C)(C)C)cc(Cl)c(Cl)c2[nH]1. The first-order valence-corrected chi connectivity index (χ1v) is 9.47. The van der Waals surface area contributed by atoms with Crippen molar-refractivity contribution in [1.82, 2.24) is 10.3 Å². The summed E-state index contributed by atoms with van der Waals surface area (Å²) in [5.41, 5.74) is 0.420. The first kappa shape index (κ1) is 22.2. The lowest BCUT2D eigenvalue weighted by molar-refractivity contribution is 0.0522. The van der Waals surface area contributed by atoms with Gasteiger partial charge in [-0.25, -0.2) is 9.59 Å². The highest BCUT2D eigenvalue weighted by Gasteiger charge is 2.20. The number of hydrogen-bond acceptors (Lipinski definition) is 4. The maximum Gasteiger partial charge on any atom is 0.412 e. The molecule has 0 spiro atoms. The molecule has 9 heteroatoms. The lowest BCUT2D eigenvalue weighted by Crippen LogP contribution is -2.32. The molecule has 28 heavy (non-hydrogen) atoms. The topological polar surface area (TPSA) is 92.5 Å². The largest absolute Gasteiger partial charge is 0.444 e. The molecule has 0 aliphatic heterocycles. The molecule has 0 bridgehead atoms. The molecule has 0 atom stereocenters. The highest BCUT2D eigenvalue weighted by Crippen LogP contribution is 2.36. The molecule has 3 N–H and O–H groups in total. The van der Waals surface area contributed by atoms with Crippen molar-refractivity contribution in [1.29, 1.82) is 0 Å². The maximum atomic E-state index is 12.1. The van der Waals surface area contributed by atoms with Gasteiger partial charge in [0.25, 0.3) is 0 Å². The molecule has 7 nitrogen and oxygen atoms in total. The molecule has 2 rings (SSSR count). The van der Waals surface area contributed by atoms with E-state index in [9.17, 15) is 9.59 Å². The molecule has 0 fully saturated rings. The van der Waals surface area contributed by atoms with E-state index in [0.29, 0.717) is 27.3 Å². The lowest BCUT2D eigenvalue weighted by atomic mass is 10.2. The summed E-state index contributed by atoms with van der Waals surface area (Å²) in [5.74, 6) is 0. The molecule has 0 aliphatic carbocycles. The number of carbonyl (C=O) groups is 2. The van der Waals surface area contributed by atoms with E-state index in [-0.39, 0.29) is 11.6 Å². The van der Waals surface area contributed by atoms with Crippen molar-refractivity contribution in [2.45, 2.75) is 59.3 Å². The van der Waals surface area contributed by atoms with Crippen LogP contribution in [0.25, 0.3) is 10.9 Å². The number of amides is 2. The van der Waals surface area contributed by atoms with Crippen LogP contribution in [0.3, 0.4) is 0 Å². The minimum absolute atomic E-state index is 0.184. The van der Waals surface area contributed by atoms with Gasteiger partial charge >= 0.3 is 12.2 Å². The van der Waals surface area contributed by atoms with E-state index in [1.165, 1.54) is 0 Å². The Bertz CT molecular complexity index is 895. The van der Waals surface area contributed by atoms with Crippen LogP contribution in [0.5, 0.6) is 0 Å². The van der Waals surface area contributed by atoms with Crippen LogP contribution < -0.4 is 10.6 Å². The van der Waals surface area contributed by atoms with Crippen LogP contribution in [0.2, 0.25) is 10.0 Å². The average molecular weight is 430 g/mol. The summed E-state index contributed by atoms with van der Waals surface area (Å²) in [6.07, 6.45) is -1.15. The predicted molar refractivity (Wildman–Crippen MR) is 111 cm³/mol. The molecule has 0 saturated heterocycles. The zero-order valence-corrected chi connectivity index (χ0v) is 18.3. The monoisotopic (exact) mass is 429 g/mol. The number of anilines is 1. The molecule has 0 unspecified atom stereocenters. The molecule has 2 amide bonds. The smallest absolute Gasteiger partial charge is 0.412 e. The van der Waals surface area contributed by atoms with Gasteiger partial charge in [-0.2, -0.15) is 0 Å². The van der Waals surface area contributed by atoms with E-state index in [1.54, 1.807) is 53.7 Å². The van der Waals surface area contributed by atoms with Crippen LogP contribution in [0.4, 0.5) is 15.3 Å². The minimum atomic E-state index is -0.639. The van der Waals surface area contributed by atoms with Gasteiger partial charge in [0.1, 0.15) is 11.2 Å². The van der Waals surface area contributed by atoms with Crippen LogP contribution in [0.15, 0.2) is 12.1 Å². The van der Waals surface area contributed by atoms with Crippen LogP contribution in [-0.2, 0) is 16.0 Å². The summed E-state index contributed by atoms with van der Waals surface area (Å²) in [6, 6.07) is 3.32. The van der Waals surface area contributed by atoms with Crippen LogP contribution >= 0.6 is 23.2 Å². The normalized spacial score (nSPS) is 12.0. The summed E-state index contributed by atoms with van der Waals surface area (Å²) < 4.78 is 10.5. The van der Waals surface area contributed by atoms with Crippen LogP contribution in [0, 0.1) is 0 Å². The summed E-state index contributed by atoms with van der Waals surface area (Å²) in [6.45, 7) is 10.8. The number of alkyl carbamates (subject to hydrolysis) is 1. The molecular weight excluding hydrogens is 405 g/mol. The lowest BCUT2D eigenvalue weighted by Gasteiger charge is -2.20. The summed E-state index contributed by atoms with van der Waals surface area (Å²) >= 11 is 12.5. The van der Waals surface area contributed by atoms with Crippen molar-refractivity contribution < 1.29 is 19.1 Å². The number of aromatic nitrogens is 1. The van der Waals surface area contributed by atoms with Crippen LogP contribution in [0.1, 0.15) is 47.2 Å². The third kappa shape index (κ3) is 6.21. The van der Waals surface area contributed by atoms with Crippen molar-refractivity contribution >= 4 is 52.0 Å². The number of aromatic amines is 1. The molecule has 2 aromatic rings. The molecule has 154 valence electrons. The first-order valence-electron chi connectivity index (χ1n) is 8.71. The molecule has 0 saturated carbocycles. The maximum absolute atomic E-state index is 12.1. The fourth-order valence-electron chi connectivity index (χ4n) is 2.38. The molecule has 0 radical (unpaired) electrons. The van der Waals surface area contributed by atoms with E-state index >= 15 is 0 Å². The highest BCUT2D eigenvalue weighted by molar-refractivity contribution is 6.45. The van der Waals surface area contributed by atoms with E-state index in [0.717, 1.165) is 0 Å². The van der Waals surface area contributed by atoms with E-state index in [1.807, 2.05) is 0 Å². The fraction of sp³-hybridized carbons (Fsp3) is 0.474. The van der Waals surface area contributed by atoms with Crippen molar-refractivity contribution in [2.75, 3.05) is 5.32 Å². The number of carbonyl (C=O) groups excluding carboxylic acids is 2. The van der Waals surface area contributed by atoms with Gasteiger partial charge in [0.15, 0.2) is 0 Å². The summed E-state index contributed by atoms with van der Waals surface area (Å²) in [5, 5.41) is 6.57. The Morgan fingerprint density at radius 2 is 1.57 bits per heavy atom. The second kappa shape index (κ2) is 8.09. The number of halogens is 2. The van der Waals surface area contributed by atoms with Gasteiger partial charge in [-0.05, 0) is 53.7 Å². The molecule has 1 heterocycles. The van der Waals surface area contributed by atoms with Gasteiger partial charge in [-0.3, -0.25) is 5.32 Å². The Morgan fingerprint density at radius 1 is 1.00 bits per heavy atom. The van der Waals surface area contributed by atoms with E-state index in [4.69, 9.17) is 32.7 Å². The van der Waals surface area contributed by atoms with Gasteiger partial charge in [0.05, 0.1) is 27.8 Å². The second-order valence-corrected chi connectivity index (χ2v) is 9.07. The first-order chi connectivity index (χ1) is 12.7. The van der Waals surface area contributed by atoms with Gasteiger partial charge in [-0.1, -0.05) is 23.2 Å². The number of hydrogen-bond donors (Lipinski definition) is 3. The summed E-state index contributed by atoms with van der Waals surface area (Å²) in [7, 11) is 0. The zero-order valence-electron chi connectivity index (χ0n) is 16.8. The van der Waals surface area contributed by atoms with Gasteiger partial charge in [0, 0.05) is 11.1 Å². The Morgan fingerprint density at radius 3 is 2.14 bits per heavy atom. The molecule has 1 aromatic heterocycles. The number of rotatable bonds is 3. The van der Waals surface area contributed by atoms with Gasteiger partial charge < -0.3 is 19.8 Å². The fourth-order valence-corrected chi connectivity index (χ4v) is 2.78. The van der Waals surface area contributed by atoms with Gasteiger partial charge in [-0.15, -0.1) is 0 Å². The Balaban J connectivity index is 2.24.